The van der Waals surface area contributed by atoms with Crippen molar-refractivity contribution in [1.29, 1.82) is 0 Å². The summed E-state index contributed by atoms with van der Waals surface area (Å²) in [6.07, 6.45) is 41.3. The van der Waals surface area contributed by atoms with Crippen molar-refractivity contribution in [3.63, 3.8) is 0 Å². The normalized spacial score (nSPS) is 12.5. The summed E-state index contributed by atoms with van der Waals surface area (Å²) in [7, 11) is 0. The van der Waals surface area contributed by atoms with Crippen molar-refractivity contribution >= 4 is 17.7 Å². The number of amides is 1. The van der Waals surface area contributed by atoms with E-state index in [1.54, 1.807) is 0 Å². The number of aliphatic hydroxyl groups excluding tert-OH is 1. The molecule has 0 radical (unpaired) electrons. The lowest BCUT2D eigenvalue weighted by atomic mass is 9.94. The van der Waals surface area contributed by atoms with Gasteiger partial charge >= 0.3 is 5.97 Å². The molecule has 0 fully saturated rings. The molecule has 0 aliphatic heterocycles. The molecule has 0 aliphatic rings. The van der Waals surface area contributed by atoms with Gasteiger partial charge in [0.1, 0.15) is 6.10 Å². The third kappa shape index (κ3) is 32.9. The van der Waals surface area contributed by atoms with Gasteiger partial charge in [-0.05, 0) is 19.3 Å². The molecule has 306 valence electrons. The summed E-state index contributed by atoms with van der Waals surface area (Å²) in [6.45, 7) is 9.31. The van der Waals surface area contributed by atoms with Crippen molar-refractivity contribution in [2.24, 2.45) is 5.92 Å². The lowest BCUT2D eigenvalue weighted by molar-refractivity contribution is -0.145. The summed E-state index contributed by atoms with van der Waals surface area (Å²) in [6, 6.07) is 0. The molecular formula is C46H87NO5. The fraction of sp³-hybridized carbons (Fsp3) is 0.891. The van der Waals surface area contributed by atoms with Crippen LogP contribution in [0.3, 0.4) is 0 Å². The second-order valence-electron chi connectivity index (χ2n) is 15.9. The highest BCUT2D eigenvalue weighted by Gasteiger charge is 2.27. The minimum Gasteiger partial charge on any atom is -0.481 e. The summed E-state index contributed by atoms with van der Waals surface area (Å²) < 4.78 is 0. The van der Waals surface area contributed by atoms with E-state index in [1.165, 1.54) is 186 Å². The average Bonchev–Trinajstić information content (AvgIpc) is 3.14. The number of Topliss-reactive ketones (excluding diaryl/α,β-unsaturated/α-hetero) is 1. The van der Waals surface area contributed by atoms with Crippen LogP contribution < -0.4 is 0 Å². The van der Waals surface area contributed by atoms with Gasteiger partial charge in [-0.2, -0.15) is 0 Å². The Morgan fingerprint density at radius 3 is 1.08 bits per heavy atom. The topological polar surface area (TPSA) is 94.9 Å². The quantitative estimate of drug-likeness (QED) is 0.0481. The van der Waals surface area contributed by atoms with Crippen molar-refractivity contribution in [2.45, 2.75) is 245 Å². The van der Waals surface area contributed by atoms with Crippen LogP contribution >= 0.6 is 0 Å². The molecule has 52 heavy (non-hydrogen) atoms. The zero-order valence-electron chi connectivity index (χ0n) is 34.7. The zero-order valence-corrected chi connectivity index (χ0v) is 34.7. The number of carboxylic acid groups (broad SMARTS) is 1. The summed E-state index contributed by atoms with van der Waals surface area (Å²) in [4.78, 5) is 39.5. The number of carboxylic acids is 1. The molecule has 0 rings (SSSR count). The maximum absolute atomic E-state index is 13.7. The van der Waals surface area contributed by atoms with E-state index >= 15 is 0 Å². The Labute approximate surface area is 322 Å². The monoisotopic (exact) mass is 734 g/mol. The van der Waals surface area contributed by atoms with E-state index in [-0.39, 0.29) is 25.2 Å². The Morgan fingerprint density at radius 1 is 0.519 bits per heavy atom. The standard InChI is InChI=1S/C46H87NO5/c1-4-7-9-11-13-15-17-19-21-23-25-27-29-31-33-35-39-47(46(52)42(41-45(50)51)37-38-44(49)43(48)6-3)40-36-34-32-30-28-26-24-22-20-18-16-14-12-10-8-5-2/h6,42-43,48H,3-5,7-41H2,1-2H3,(H,50,51). The molecule has 0 aromatic carbocycles. The summed E-state index contributed by atoms with van der Waals surface area (Å²) in [5.41, 5.74) is 0. The van der Waals surface area contributed by atoms with Crippen LogP contribution in [0.4, 0.5) is 0 Å². The number of aliphatic hydroxyl groups is 1. The molecule has 2 atom stereocenters. The van der Waals surface area contributed by atoms with E-state index in [0.717, 1.165) is 25.7 Å². The van der Waals surface area contributed by atoms with E-state index < -0.39 is 23.8 Å². The molecule has 2 N–H and O–H groups in total. The van der Waals surface area contributed by atoms with E-state index in [1.807, 2.05) is 4.90 Å². The molecule has 0 heterocycles. The number of nitrogens with zero attached hydrogens (tertiary/aromatic N) is 1. The van der Waals surface area contributed by atoms with Crippen molar-refractivity contribution in [3.8, 4) is 0 Å². The van der Waals surface area contributed by atoms with Crippen molar-refractivity contribution in [2.75, 3.05) is 13.1 Å². The van der Waals surface area contributed by atoms with Crippen molar-refractivity contribution < 1.29 is 24.6 Å². The molecular weight excluding hydrogens is 647 g/mol. The number of hydrogen-bond donors (Lipinski definition) is 2. The fourth-order valence-electron chi connectivity index (χ4n) is 7.41. The van der Waals surface area contributed by atoms with E-state index in [9.17, 15) is 24.6 Å². The molecule has 0 aromatic heterocycles. The lowest BCUT2D eigenvalue weighted by Crippen LogP contribution is -2.39. The lowest BCUT2D eigenvalue weighted by Gasteiger charge is -2.27. The number of carbonyl (C=O) groups excluding carboxylic acids is 2. The molecule has 0 saturated heterocycles. The van der Waals surface area contributed by atoms with Crippen LogP contribution in [0.2, 0.25) is 0 Å². The Morgan fingerprint density at radius 2 is 0.808 bits per heavy atom. The van der Waals surface area contributed by atoms with Crippen LogP contribution in [0, 0.1) is 5.92 Å². The zero-order chi connectivity index (χ0) is 38.3. The van der Waals surface area contributed by atoms with E-state index in [2.05, 4.69) is 20.4 Å². The maximum atomic E-state index is 13.7. The van der Waals surface area contributed by atoms with Crippen LogP contribution in [0.15, 0.2) is 12.7 Å². The minimum atomic E-state index is -1.27. The first-order chi connectivity index (χ1) is 25.4. The van der Waals surface area contributed by atoms with Gasteiger partial charge in [-0.1, -0.05) is 213 Å². The molecule has 0 saturated carbocycles. The summed E-state index contributed by atoms with van der Waals surface area (Å²) in [5.74, 6) is -2.34. The highest BCUT2D eigenvalue weighted by molar-refractivity contribution is 5.86. The largest absolute Gasteiger partial charge is 0.481 e. The molecule has 1 amide bonds. The Bertz CT molecular complexity index is 794. The minimum absolute atomic E-state index is 0.0250. The number of carbonyl (C=O) groups is 3. The number of ketones is 1. The van der Waals surface area contributed by atoms with Crippen molar-refractivity contribution in [3.05, 3.63) is 12.7 Å². The Hall–Kier alpha value is -1.69. The fourth-order valence-corrected chi connectivity index (χ4v) is 7.41. The number of unbranched alkanes of at least 4 members (excludes halogenated alkanes) is 30. The van der Waals surface area contributed by atoms with Gasteiger partial charge < -0.3 is 15.1 Å². The van der Waals surface area contributed by atoms with Gasteiger partial charge in [-0.15, -0.1) is 6.58 Å². The summed E-state index contributed by atoms with van der Waals surface area (Å²) >= 11 is 0. The summed E-state index contributed by atoms with van der Waals surface area (Å²) in [5, 5.41) is 19.4. The highest BCUT2D eigenvalue weighted by atomic mass is 16.4. The van der Waals surface area contributed by atoms with E-state index in [4.69, 9.17) is 0 Å². The molecule has 0 aromatic rings. The van der Waals surface area contributed by atoms with Crippen LogP contribution in [-0.4, -0.2) is 52.0 Å². The second-order valence-corrected chi connectivity index (χ2v) is 15.9. The molecule has 0 spiro atoms. The molecule has 0 aliphatic carbocycles. The third-order valence-electron chi connectivity index (χ3n) is 10.9. The smallest absolute Gasteiger partial charge is 0.304 e. The first-order valence-corrected chi connectivity index (χ1v) is 22.7. The van der Waals surface area contributed by atoms with Crippen LogP contribution in [0.1, 0.15) is 239 Å². The van der Waals surface area contributed by atoms with Crippen LogP contribution in [0.5, 0.6) is 0 Å². The number of hydrogen-bond acceptors (Lipinski definition) is 4. The first kappa shape index (κ1) is 50.3. The van der Waals surface area contributed by atoms with Gasteiger partial charge in [0.15, 0.2) is 5.78 Å². The molecule has 0 bridgehead atoms. The van der Waals surface area contributed by atoms with Gasteiger partial charge in [0, 0.05) is 25.4 Å². The van der Waals surface area contributed by atoms with Crippen molar-refractivity contribution in [1.82, 2.24) is 4.90 Å². The first-order valence-electron chi connectivity index (χ1n) is 22.7. The van der Waals surface area contributed by atoms with Gasteiger partial charge in [-0.25, -0.2) is 0 Å². The van der Waals surface area contributed by atoms with Gasteiger partial charge in [-0.3, -0.25) is 14.4 Å². The van der Waals surface area contributed by atoms with Gasteiger partial charge in [0.05, 0.1) is 6.42 Å². The maximum Gasteiger partial charge on any atom is 0.304 e. The Balaban J connectivity index is 4.47. The van der Waals surface area contributed by atoms with Gasteiger partial charge in [0.25, 0.3) is 0 Å². The predicted octanol–water partition coefficient (Wildman–Crippen LogP) is 13.3. The van der Waals surface area contributed by atoms with Crippen LogP contribution in [-0.2, 0) is 14.4 Å². The average molecular weight is 734 g/mol. The highest BCUT2D eigenvalue weighted by Crippen LogP contribution is 2.20. The predicted molar refractivity (Wildman–Crippen MR) is 222 cm³/mol. The molecule has 6 nitrogen and oxygen atoms in total. The number of rotatable bonds is 42. The third-order valence-corrected chi connectivity index (χ3v) is 10.9. The van der Waals surface area contributed by atoms with Crippen LogP contribution in [0.25, 0.3) is 0 Å². The number of aliphatic carboxylic acids is 1. The Kier molecular flexibility index (Phi) is 37.7. The molecule has 6 heteroatoms. The van der Waals surface area contributed by atoms with Gasteiger partial charge in [0.2, 0.25) is 5.91 Å². The van der Waals surface area contributed by atoms with E-state index in [0.29, 0.717) is 13.1 Å². The molecule has 2 unspecified atom stereocenters. The second kappa shape index (κ2) is 39.0. The SMILES string of the molecule is C=CC(O)C(=O)CCC(CC(=O)O)C(=O)N(CCCCCCCCCCCCCCCCCC)CCCCCCCCCCCCCCCCCC.